The van der Waals surface area contributed by atoms with E-state index in [1.165, 1.54) is 10.8 Å². The van der Waals surface area contributed by atoms with Crippen molar-refractivity contribution < 1.29 is 4.42 Å². The van der Waals surface area contributed by atoms with E-state index in [1.807, 2.05) is 18.2 Å². The molecule has 0 unspecified atom stereocenters. The fourth-order valence-corrected chi connectivity index (χ4v) is 3.85. The van der Waals surface area contributed by atoms with Gasteiger partial charge in [-0.1, -0.05) is 36.4 Å². The molecule has 3 heteroatoms. The van der Waals surface area contributed by atoms with E-state index in [9.17, 15) is 0 Å². The van der Waals surface area contributed by atoms with Gasteiger partial charge in [-0.15, -0.1) is 0 Å². The zero-order valence-electron chi connectivity index (χ0n) is 13.9. The summed E-state index contributed by atoms with van der Waals surface area (Å²) >= 11 is 0. The minimum Gasteiger partial charge on any atom is -0.464 e. The van der Waals surface area contributed by atoms with Gasteiger partial charge in [-0.3, -0.25) is 4.57 Å². The zero-order valence-corrected chi connectivity index (χ0v) is 13.9. The average Bonchev–Trinajstić information content (AvgIpc) is 3.27. The van der Waals surface area contributed by atoms with Gasteiger partial charge < -0.3 is 4.42 Å². The minimum absolute atomic E-state index is 0.909. The molecule has 0 radical (unpaired) electrons. The van der Waals surface area contributed by atoms with Crippen molar-refractivity contribution in [1.29, 1.82) is 0 Å². The molecule has 0 spiro atoms. The Kier molecular flexibility index (Phi) is 2.61. The van der Waals surface area contributed by atoms with Gasteiger partial charge in [0.15, 0.2) is 0 Å². The number of fused-ring (bicyclic) bond motifs is 5. The zero-order chi connectivity index (χ0) is 17.1. The Balaban J connectivity index is 1.79. The molecular weight excluding hydrogens is 320 g/mol. The second kappa shape index (κ2) is 4.96. The average molecular weight is 334 g/mol. The van der Waals surface area contributed by atoms with Crippen molar-refractivity contribution in [3.63, 3.8) is 0 Å². The molecule has 0 fully saturated rings. The summed E-state index contributed by atoms with van der Waals surface area (Å²) in [6.07, 6.45) is 1.74. The molecule has 0 saturated carbocycles. The molecule has 6 rings (SSSR count). The number of nitrogens with zero attached hydrogens (tertiary/aromatic N) is 2. The first-order valence-electron chi connectivity index (χ1n) is 8.65. The first-order chi connectivity index (χ1) is 12.9. The van der Waals surface area contributed by atoms with Gasteiger partial charge in [0.25, 0.3) is 0 Å². The van der Waals surface area contributed by atoms with E-state index in [1.54, 1.807) is 6.26 Å². The Labute approximate surface area is 149 Å². The standard InChI is InChI=1S/C23H14N2O/c1-3-7-19-15(5-1)9-10-23(24-19)25-20-8-4-2-6-17(20)18-14-22-16(11-12-26-22)13-21(18)25/h1-14H. The summed E-state index contributed by atoms with van der Waals surface area (Å²) in [5.74, 6) is 0.928. The van der Waals surface area contributed by atoms with E-state index < -0.39 is 0 Å². The Morgan fingerprint density at radius 3 is 2.58 bits per heavy atom. The van der Waals surface area contributed by atoms with Gasteiger partial charge in [0.1, 0.15) is 11.4 Å². The van der Waals surface area contributed by atoms with Gasteiger partial charge in [0.2, 0.25) is 0 Å². The summed E-state index contributed by atoms with van der Waals surface area (Å²) in [4.78, 5) is 4.93. The second-order valence-electron chi connectivity index (χ2n) is 6.54. The monoisotopic (exact) mass is 334 g/mol. The summed E-state index contributed by atoms with van der Waals surface area (Å²) in [7, 11) is 0. The molecular formula is C23H14N2O. The number of aromatic nitrogens is 2. The van der Waals surface area contributed by atoms with Crippen molar-refractivity contribution in [2.24, 2.45) is 0 Å². The lowest BCUT2D eigenvalue weighted by atomic mass is 10.1. The van der Waals surface area contributed by atoms with Crippen LogP contribution in [0.25, 0.3) is 49.5 Å². The van der Waals surface area contributed by atoms with Gasteiger partial charge >= 0.3 is 0 Å². The van der Waals surface area contributed by atoms with Gasteiger partial charge in [-0.25, -0.2) is 4.98 Å². The molecule has 3 heterocycles. The lowest BCUT2D eigenvalue weighted by Gasteiger charge is -2.08. The fraction of sp³-hybridized carbons (Fsp3) is 0. The van der Waals surface area contributed by atoms with E-state index in [-0.39, 0.29) is 0 Å². The first-order valence-corrected chi connectivity index (χ1v) is 8.65. The molecule has 122 valence electrons. The summed E-state index contributed by atoms with van der Waals surface area (Å²) in [5, 5.41) is 4.63. The van der Waals surface area contributed by atoms with E-state index in [0.29, 0.717) is 0 Å². The summed E-state index contributed by atoms with van der Waals surface area (Å²) < 4.78 is 7.86. The van der Waals surface area contributed by atoms with Crippen LogP contribution < -0.4 is 0 Å². The molecule has 0 aliphatic carbocycles. The van der Waals surface area contributed by atoms with Gasteiger partial charge in [0, 0.05) is 21.5 Å². The van der Waals surface area contributed by atoms with Crippen LogP contribution >= 0.6 is 0 Å². The van der Waals surface area contributed by atoms with Crippen LogP contribution in [0.2, 0.25) is 0 Å². The maximum Gasteiger partial charge on any atom is 0.138 e. The number of para-hydroxylation sites is 2. The lowest BCUT2D eigenvalue weighted by molar-refractivity contribution is 0.616. The van der Waals surface area contributed by atoms with Crippen LogP contribution in [0.4, 0.5) is 0 Å². The Morgan fingerprint density at radius 2 is 1.58 bits per heavy atom. The third-order valence-corrected chi connectivity index (χ3v) is 5.06. The highest BCUT2D eigenvalue weighted by Crippen LogP contribution is 2.34. The third kappa shape index (κ3) is 1.80. The van der Waals surface area contributed by atoms with E-state index in [0.717, 1.165) is 38.7 Å². The first kappa shape index (κ1) is 13.7. The fourth-order valence-electron chi connectivity index (χ4n) is 3.85. The predicted molar refractivity (Wildman–Crippen MR) is 106 cm³/mol. The van der Waals surface area contributed by atoms with Crippen molar-refractivity contribution in [2.75, 3.05) is 0 Å². The molecule has 3 aromatic carbocycles. The molecule has 0 aliphatic heterocycles. The second-order valence-corrected chi connectivity index (χ2v) is 6.54. The summed E-state index contributed by atoms with van der Waals surface area (Å²) in [5.41, 5.74) is 4.20. The quantitative estimate of drug-likeness (QED) is 0.365. The van der Waals surface area contributed by atoms with Crippen molar-refractivity contribution in [2.45, 2.75) is 0 Å². The molecule has 6 aromatic rings. The molecule has 0 atom stereocenters. The highest BCUT2D eigenvalue weighted by molar-refractivity contribution is 6.12. The number of hydrogen-bond acceptors (Lipinski definition) is 2. The highest BCUT2D eigenvalue weighted by Gasteiger charge is 2.14. The number of rotatable bonds is 1. The largest absolute Gasteiger partial charge is 0.464 e. The van der Waals surface area contributed by atoms with Crippen molar-refractivity contribution in [3.05, 3.63) is 85.1 Å². The topological polar surface area (TPSA) is 31.0 Å². The van der Waals surface area contributed by atoms with Crippen LogP contribution in [0.3, 0.4) is 0 Å². The van der Waals surface area contributed by atoms with Crippen molar-refractivity contribution in [1.82, 2.24) is 9.55 Å². The minimum atomic E-state index is 0.909. The van der Waals surface area contributed by atoms with Crippen LogP contribution in [-0.4, -0.2) is 9.55 Å². The maximum absolute atomic E-state index is 5.62. The highest BCUT2D eigenvalue weighted by atomic mass is 16.3. The molecule has 3 nitrogen and oxygen atoms in total. The molecule has 3 aromatic heterocycles. The van der Waals surface area contributed by atoms with Gasteiger partial charge in [-0.05, 0) is 42.5 Å². The van der Waals surface area contributed by atoms with E-state index in [4.69, 9.17) is 9.40 Å². The number of furan rings is 1. The van der Waals surface area contributed by atoms with Crippen LogP contribution in [0.1, 0.15) is 0 Å². The maximum atomic E-state index is 5.62. The number of pyridine rings is 1. The Morgan fingerprint density at radius 1 is 0.692 bits per heavy atom. The number of benzene rings is 3. The third-order valence-electron chi connectivity index (χ3n) is 5.06. The van der Waals surface area contributed by atoms with Gasteiger partial charge in [-0.2, -0.15) is 0 Å². The van der Waals surface area contributed by atoms with Crippen LogP contribution in [0.5, 0.6) is 0 Å². The number of hydrogen-bond donors (Lipinski definition) is 0. The van der Waals surface area contributed by atoms with Crippen LogP contribution in [0, 0.1) is 0 Å². The van der Waals surface area contributed by atoms with Crippen LogP contribution in [0.15, 0.2) is 89.5 Å². The SMILES string of the molecule is c1ccc2nc(-n3c4ccccc4c4cc5occc5cc43)ccc2c1. The smallest absolute Gasteiger partial charge is 0.138 e. The van der Waals surface area contributed by atoms with E-state index in [2.05, 4.69) is 65.2 Å². The molecule has 0 N–H and O–H groups in total. The summed E-state index contributed by atoms with van der Waals surface area (Å²) in [6.45, 7) is 0. The Hall–Kier alpha value is -3.59. The predicted octanol–water partition coefficient (Wildman–Crippen LogP) is 6.08. The van der Waals surface area contributed by atoms with Crippen LogP contribution in [-0.2, 0) is 0 Å². The molecule has 0 amide bonds. The van der Waals surface area contributed by atoms with Crippen molar-refractivity contribution >= 4 is 43.7 Å². The van der Waals surface area contributed by atoms with E-state index >= 15 is 0 Å². The lowest BCUT2D eigenvalue weighted by Crippen LogP contribution is -1.97. The van der Waals surface area contributed by atoms with Gasteiger partial charge in [0.05, 0.1) is 22.8 Å². The summed E-state index contributed by atoms with van der Waals surface area (Å²) in [6, 6.07) is 27.2. The molecule has 0 aliphatic rings. The normalized spacial score (nSPS) is 11.8. The molecule has 0 saturated heterocycles. The molecule has 0 bridgehead atoms. The van der Waals surface area contributed by atoms with Crippen molar-refractivity contribution in [3.8, 4) is 5.82 Å². The molecule has 26 heavy (non-hydrogen) atoms. The Bertz CT molecular complexity index is 1440.